The van der Waals surface area contributed by atoms with Gasteiger partial charge >= 0.3 is 5.97 Å². The van der Waals surface area contributed by atoms with Gasteiger partial charge < -0.3 is 5.11 Å². The molecule has 8 heteroatoms. The van der Waals surface area contributed by atoms with Crippen LogP contribution in [0.1, 0.15) is 31.6 Å². The van der Waals surface area contributed by atoms with Crippen LogP contribution in [-0.2, 0) is 14.8 Å². The molecule has 0 saturated carbocycles. The van der Waals surface area contributed by atoms with Gasteiger partial charge in [-0.25, -0.2) is 8.42 Å². The van der Waals surface area contributed by atoms with Crippen molar-refractivity contribution >= 4 is 43.3 Å². The van der Waals surface area contributed by atoms with Crippen molar-refractivity contribution in [2.45, 2.75) is 44.6 Å². The number of thiophene rings is 1. The van der Waals surface area contributed by atoms with E-state index in [0.717, 1.165) is 8.66 Å². The number of hydrogen-bond donors (Lipinski definition) is 1. The van der Waals surface area contributed by atoms with Crippen LogP contribution in [0.15, 0.2) is 14.7 Å². The van der Waals surface area contributed by atoms with Crippen molar-refractivity contribution in [3.63, 3.8) is 0 Å². The number of sulfonamides is 1. The first-order valence-corrected chi connectivity index (χ1v) is 9.20. The van der Waals surface area contributed by atoms with Crippen LogP contribution in [0.25, 0.3) is 0 Å². The van der Waals surface area contributed by atoms with Gasteiger partial charge in [-0.15, -0.1) is 11.3 Å². The summed E-state index contributed by atoms with van der Waals surface area (Å²) in [5.74, 6) is -0.916. The number of carboxylic acids is 1. The van der Waals surface area contributed by atoms with Crippen LogP contribution in [0.4, 0.5) is 0 Å². The quantitative estimate of drug-likeness (QED) is 0.784. The Bertz CT molecular complexity index is 580. The molecular formula is C12H18BrNO4S2. The Hall–Kier alpha value is -0.440. The lowest BCUT2D eigenvalue weighted by atomic mass is 10.3. The first kappa shape index (κ1) is 17.6. The molecule has 1 rings (SSSR count). The number of halogens is 1. The average molecular weight is 384 g/mol. The molecule has 0 unspecified atom stereocenters. The second-order valence-electron chi connectivity index (χ2n) is 4.68. The van der Waals surface area contributed by atoms with E-state index in [1.807, 2.05) is 0 Å². The molecule has 0 aromatic carbocycles. The lowest BCUT2D eigenvalue weighted by molar-refractivity contribution is -0.137. The fraction of sp³-hybridized carbons (Fsp3) is 0.583. The highest BCUT2D eigenvalue weighted by molar-refractivity contribution is 9.11. The maximum absolute atomic E-state index is 12.6. The first-order chi connectivity index (χ1) is 9.16. The predicted molar refractivity (Wildman–Crippen MR) is 82.7 cm³/mol. The van der Waals surface area contributed by atoms with Crippen LogP contribution in [0.2, 0.25) is 0 Å². The number of aliphatic carboxylic acids is 1. The van der Waals surface area contributed by atoms with E-state index in [1.165, 1.54) is 15.6 Å². The lowest BCUT2D eigenvalue weighted by Gasteiger charge is -2.25. The highest BCUT2D eigenvalue weighted by Gasteiger charge is 2.29. The highest BCUT2D eigenvalue weighted by atomic mass is 79.9. The summed E-state index contributed by atoms with van der Waals surface area (Å²) < 4.78 is 27.4. The van der Waals surface area contributed by atoms with Crippen molar-refractivity contribution in [1.82, 2.24) is 4.31 Å². The predicted octanol–water partition coefficient (Wildman–Crippen LogP) is 3.08. The van der Waals surface area contributed by atoms with E-state index in [-0.39, 0.29) is 19.0 Å². The van der Waals surface area contributed by atoms with Crippen molar-refractivity contribution < 1.29 is 18.3 Å². The Morgan fingerprint density at radius 2 is 2.10 bits per heavy atom. The minimum Gasteiger partial charge on any atom is -0.481 e. The third kappa shape index (κ3) is 4.28. The molecule has 0 bridgehead atoms. The molecule has 20 heavy (non-hydrogen) atoms. The summed E-state index contributed by atoms with van der Waals surface area (Å²) in [5.41, 5.74) is 0. The van der Waals surface area contributed by atoms with E-state index < -0.39 is 16.0 Å². The van der Waals surface area contributed by atoms with Gasteiger partial charge in [0.1, 0.15) is 0 Å². The number of carboxylic acid groups (broad SMARTS) is 1. The van der Waals surface area contributed by atoms with Gasteiger partial charge in [-0.3, -0.25) is 4.79 Å². The molecule has 0 amide bonds. The molecular weight excluding hydrogens is 366 g/mol. The zero-order valence-electron chi connectivity index (χ0n) is 11.6. The fourth-order valence-corrected chi connectivity index (χ4v) is 5.92. The Kier molecular flexibility index (Phi) is 6.18. The second kappa shape index (κ2) is 7.02. The van der Waals surface area contributed by atoms with Crippen LogP contribution in [0, 0.1) is 6.92 Å². The molecule has 1 aromatic rings. The Balaban J connectivity index is 3.01. The summed E-state index contributed by atoms with van der Waals surface area (Å²) in [7, 11) is -3.59. The van der Waals surface area contributed by atoms with Gasteiger partial charge in [0.15, 0.2) is 0 Å². The zero-order valence-corrected chi connectivity index (χ0v) is 14.8. The van der Waals surface area contributed by atoms with Crippen molar-refractivity contribution in [1.29, 1.82) is 0 Å². The number of hydrogen-bond acceptors (Lipinski definition) is 4. The molecule has 0 aliphatic carbocycles. The summed E-state index contributed by atoms with van der Waals surface area (Å²) in [4.78, 5) is 11.6. The van der Waals surface area contributed by atoms with Crippen LogP contribution in [0.5, 0.6) is 0 Å². The van der Waals surface area contributed by atoms with Crippen molar-refractivity contribution in [3.8, 4) is 0 Å². The number of nitrogens with zero attached hydrogens (tertiary/aromatic N) is 1. The number of aryl methyl sites for hydroxylation is 1. The van der Waals surface area contributed by atoms with E-state index in [4.69, 9.17) is 5.11 Å². The highest BCUT2D eigenvalue weighted by Crippen LogP contribution is 2.32. The van der Waals surface area contributed by atoms with Crippen LogP contribution < -0.4 is 0 Å². The van der Waals surface area contributed by atoms with Crippen molar-refractivity contribution in [2.24, 2.45) is 0 Å². The SMILES string of the molecule is Cc1sc(Br)cc1S(=O)(=O)N(CCCC(=O)O)C(C)C. The normalized spacial score (nSPS) is 12.3. The topological polar surface area (TPSA) is 74.7 Å². The molecule has 0 aliphatic heterocycles. The molecule has 114 valence electrons. The van der Waals surface area contributed by atoms with Gasteiger partial charge in [0, 0.05) is 23.9 Å². The molecule has 0 aliphatic rings. The third-order valence-electron chi connectivity index (χ3n) is 2.77. The van der Waals surface area contributed by atoms with E-state index in [2.05, 4.69) is 15.9 Å². The minimum absolute atomic E-state index is 0.0367. The first-order valence-electron chi connectivity index (χ1n) is 6.16. The van der Waals surface area contributed by atoms with E-state index in [0.29, 0.717) is 11.3 Å². The van der Waals surface area contributed by atoms with Crippen molar-refractivity contribution in [3.05, 3.63) is 14.7 Å². The number of carbonyl (C=O) groups is 1. The standard InChI is InChI=1S/C12H18BrNO4S2/c1-8(2)14(6-4-5-12(15)16)20(17,18)10-7-11(13)19-9(10)3/h7-8H,4-6H2,1-3H3,(H,15,16). The fourth-order valence-electron chi connectivity index (χ4n) is 1.86. The van der Waals surface area contributed by atoms with Crippen LogP contribution in [0.3, 0.4) is 0 Å². The van der Waals surface area contributed by atoms with Gasteiger partial charge in [-0.2, -0.15) is 4.31 Å². The Labute approximate surface area is 131 Å². The van der Waals surface area contributed by atoms with Gasteiger partial charge in [0.05, 0.1) is 8.68 Å². The average Bonchev–Trinajstić information content (AvgIpc) is 2.63. The maximum Gasteiger partial charge on any atom is 0.303 e. The van der Waals surface area contributed by atoms with Crippen LogP contribution >= 0.6 is 27.3 Å². The number of rotatable bonds is 7. The summed E-state index contributed by atoms with van der Waals surface area (Å²) in [6.45, 7) is 5.54. The van der Waals surface area contributed by atoms with Crippen molar-refractivity contribution in [2.75, 3.05) is 6.54 Å². The van der Waals surface area contributed by atoms with E-state index in [9.17, 15) is 13.2 Å². The molecule has 0 spiro atoms. The Morgan fingerprint density at radius 1 is 1.50 bits per heavy atom. The second-order valence-corrected chi connectivity index (χ2v) is 9.17. The lowest BCUT2D eigenvalue weighted by Crippen LogP contribution is -2.38. The monoisotopic (exact) mass is 383 g/mol. The van der Waals surface area contributed by atoms with Gasteiger partial charge in [0.2, 0.25) is 10.0 Å². The molecule has 1 N–H and O–H groups in total. The van der Waals surface area contributed by atoms with Gasteiger partial charge in [0.25, 0.3) is 0 Å². The van der Waals surface area contributed by atoms with Gasteiger partial charge in [-0.1, -0.05) is 0 Å². The molecule has 0 saturated heterocycles. The maximum atomic E-state index is 12.6. The molecule has 1 heterocycles. The summed E-state index contributed by atoms with van der Waals surface area (Å²) in [6, 6.07) is 1.38. The molecule has 1 aromatic heterocycles. The minimum atomic E-state index is -3.59. The van der Waals surface area contributed by atoms with E-state index in [1.54, 1.807) is 26.8 Å². The molecule has 0 radical (unpaired) electrons. The smallest absolute Gasteiger partial charge is 0.303 e. The summed E-state index contributed by atoms with van der Waals surface area (Å²) in [6.07, 6.45) is 0.266. The molecule has 5 nitrogen and oxygen atoms in total. The van der Waals surface area contributed by atoms with E-state index >= 15 is 0 Å². The Morgan fingerprint density at radius 3 is 2.50 bits per heavy atom. The third-order valence-corrected chi connectivity index (χ3v) is 6.66. The molecule has 0 fully saturated rings. The van der Waals surface area contributed by atoms with Gasteiger partial charge in [-0.05, 0) is 49.2 Å². The summed E-state index contributed by atoms with van der Waals surface area (Å²) in [5, 5.41) is 8.66. The van der Waals surface area contributed by atoms with Crippen LogP contribution in [-0.4, -0.2) is 36.4 Å². The molecule has 0 atom stereocenters. The zero-order chi connectivity index (χ0) is 15.5. The summed E-state index contributed by atoms with van der Waals surface area (Å²) >= 11 is 4.66. The largest absolute Gasteiger partial charge is 0.481 e.